The van der Waals surface area contributed by atoms with Crippen LogP contribution in [0, 0.1) is 5.82 Å². The Labute approximate surface area is 104 Å². The second-order valence-electron chi connectivity index (χ2n) is 4.12. The first-order valence-electron chi connectivity index (χ1n) is 5.60. The maximum Gasteiger partial charge on any atom is 0.251 e. The Morgan fingerprint density at radius 3 is 3.00 bits per heavy atom. The highest BCUT2D eigenvalue weighted by molar-refractivity contribution is 7.99. The van der Waals surface area contributed by atoms with Crippen LogP contribution in [0.15, 0.2) is 18.2 Å². The van der Waals surface area contributed by atoms with E-state index < -0.39 is 5.82 Å². The number of nitrogen functional groups attached to an aromatic ring is 1. The van der Waals surface area contributed by atoms with Crippen molar-refractivity contribution in [3.05, 3.63) is 29.6 Å². The maximum atomic E-state index is 13.2. The van der Waals surface area contributed by atoms with E-state index in [2.05, 4.69) is 5.32 Å². The summed E-state index contributed by atoms with van der Waals surface area (Å²) in [6.07, 6.45) is 2.11. The number of halogens is 1. The number of carbonyl (C=O) groups is 1. The van der Waals surface area contributed by atoms with E-state index in [4.69, 9.17) is 5.73 Å². The summed E-state index contributed by atoms with van der Waals surface area (Å²) in [7, 11) is 0. The zero-order chi connectivity index (χ0) is 12.3. The Hall–Kier alpha value is -1.23. The summed E-state index contributed by atoms with van der Waals surface area (Å²) in [5.41, 5.74) is 5.75. The van der Waals surface area contributed by atoms with Crippen LogP contribution in [0.2, 0.25) is 0 Å². The van der Waals surface area contributed by atoms with Gasteiger partial charge < -0.3 is 11.1 Å². The lowest BCUT2D eigenvalue weighted by atomic mass is 10.1. The van der Waals surface area contributed by atoms with Crippen LogP contribution in [0.3, 0.4) is 0 Å². The number of hydrogen-bond donors (Lipinski definition) is 2. The standard InChI is InChI=1S/C12H15FN2OS/c13-10-6-8(3-4-11(10)14)12(16)15-9-2-1-5-17-7-9/h3-4,6,9H,1-2,5,7,14H2,(H,15,16). The number of rotatable bonds is 2. The van der Waals surface area contributed by atoms with Crippen molar-refractivity contribution in [1.29, 1.82) is 0 Å². The number of nitrogens with one attached hydrogen (secondary N) is 1. The molecule has 1 aliphatic heterocycles. The van der Waals surface area contributed by atoms with Crippen molar-refractivity contribution >= 4 is 23.4 Å². The van der Waals surface area contributed by atoms with E-state index in [1.54, 1.807) is 6.07 Å². The molecule has 17 heavy (non-hydrogen) atoms. The summed E-state index contributed by atoms with van der Waals surface area (Å²) >= 11 is 1.84. The second kappa shape index (κ2) is 5.40. The monoisotopic (exact) mass is 254 g/mol. The van der Waals surface area contributed by atoms with Crippen molar-refractivity contribution in [3.8, 4) is 0 Å². The molecule has 1 aliphatic rings. The molecule has 1 unspecified atom stereocenters. The Morgan fingerprint density at radius 2 is 2.35 bits per heavy atom. The van der Waals surface area contributed by atoms with Crippen LogP contribution < -0.4 is 11.1 Å². The summed E-state index contributed by atoms with van der Waals surface area (Å²) < 4.78 is 13.2. The Morgan fingerprint density at radius 1 is 1.53 bits per heavy atom. The van der Waals surface area contributed by atoms with Gasteiger partial charge in [0.2, 0.25) is 0 Å². The molecular weight excluding hydrogens is 239 g/mol. The van der Waals surface area contributed by atoms with Crippen molar-refractivity contribution in [3.63, 3.8) is 0 Å². The molecule has 1 amide bonds. The van der Waals surface area contributed by atoms with E-state index in [0.717, 1.165) is 24.3 Å². The van der Waals surface area contributed by atoms with Gasteiger partial charge in [-0.05, 0) is 36.8 Å². The molecule has 1 aromatic carbocycles. The molecule has 1 fully saturated rings. The molecule has 1 heterocycles. The van der Waals surface area contributed by atoms with E-state index >= 15 is 0 Å². The minimum atomic E-state index is -0.546. The van der Waals surface area contributed by atoms with Gasteiger partial charge in [-0.1, -0.05) is 0 Å². The van der Waals surface area contributed by atoms with Crippen LogP contribution in [-0.2, 0) is 0 Å². The predicted octanol–water partition coefficient (Wildman–Crippen LogP) is 2.03. The third kappa shape index (κ3) is 3.12. The Bertz CT molecular complexity index is 419. The fourth-order valence-corrected chi connectivity index (χ4v) is 2.86. The second-order valence-corrected chi connectivity index (χ2v) is 5.27. The first-order valence-corrected chi connectivity index (χ1v) is 6.76. The highest BCUT2D eigenvalue weighted by atomic mass is 32.2. The Balaban J connectivity index is 2.01. The van der Waals surface area contributed by atoms with Crippen LogP contribution in [0.4, 0.5) is 10.1 Å². The van der Waals surface area contributed by atoms with Gasteiger partial charge in [0.15, 0.2) is 0 Å². The van der Waals surface area contributed by atoms with Gasteiger partial charge >= 0.3 is 0 Å². The van der Waals surface area contributed by atoms with Crippen molar-refractivity contribution < 1.29 is 9.18 Å². The summed E-state index contributed by atoms with van der Waals surface area (Å²) in [5, 5.41) is 2.91. The van der Waals surface area contributed by atoms with Crippen molar-refractivity contribution in [2.24, 2.45) is 0 Å². The lowest BCUT2D eigenvalue weighted by molar-refractivity contribution is 0.0938. The number of hydrogen-bond acceptors (Lipinski definition) is 3. The quantitative estimate of drug-likeness (QED) is 0.794. The summed E-state index contributed by atoms with van der Waals surface area (Å²) in [4.78, 5) is 11.8. The van der Waals surface area contributed by atoms with Gasteiger partial charge in [0, 0.05) is 17.4 Å². The minimum absolute atomic E-state index is 0.0646. The SMILES string of the molecule is Nc1ccc(C(=O)NC2CCCSC2)cc1F. The topological polar surface area (TPSA) is 55.1 Å². The van der Waals surface area contributed by atoms with Gasteiger partial charge in [0.25, 0.3) is 5.91 Å². The number of anilines is 1. The fraction of sp³-hybridized carbons (Fsp3) is 0.417. The number of benzene rings is 1. The molecule has 2 rings (SSSR count). The molecule has 3 nitrogen and oxygen atoms in total. The van der Waals surface area contributed by atoms with Crippen LogP contribution >= 0.6 is 11.8 Å². The summed E-state index contributed by atoms with van der Waals surface area (Å²) in [5.74, 6) is 1.32. The molecule has 0 radical (unpaired) electrons. The van der Waals surface area contributed by atoms with Crippen molar-refractivity contribution in [2.75, 3.05) is 17.2 Å². The summed E-state index contributed by atoms with van der Waals surface area (Å²) in [6.45, 7) is 0. The number of amides is 1. The molecule has 0 bridgehead atoms. The fourth-order valence-electron chi connectivity index (χ4n) is 1.79. The van der Waals surface area contributed by atoms with Gasteiger partial charge in [-0.2, -0.15) is 11.8 Å². The number of carbonyl (C=O) groups excluding carboxylic acids is 1. The van der Waals surface area contributed by atoms with E-state index in [9.17, 15) is 9.18 Å². The van der Waals surface area contributed by atoms with Gasteiger partial charge in [-0.15, -0.1) is 0 Å². The van der Waals surface area contributed by atoms with Gasteiger partial charge in [-0.25, -0.2) is 4.39 Å². The molecule has 1 saturated heterocycles. The average molecular weight is 254 g/mol. The third-order valence-corrected chi connectivity index (χ3v) is 3.97. The first kappa shape index (κ1) is 12.2. The lowest BCUT2D eigenvalue weighted by Crippen LogP contribution is -2.38. The first-order chi connectivity index (χ1) is 8.16. The minimum Gasteiger partial charge on any atom is -0.396 e. The molecule has 0 aliphatic carbocycles. The van der Waals surface area contributed by atoms with Crippen molar-refractivity contribution in [1.82, 2.24) is 5.32 Å². The van der Waals surface area contributed by atoms with Gasteiger partial charge in [0.05, 0.1) is 5.69 Å². The van der Waals surface area contributed by atoms with E-state index in [0.29, 0.717) is 5.56 Å². The largest absolute Gasteiger partial charge is 0.396 e. The van der Waals surface area contributed by atoms with Crippen LogP contribution in [0.5, 0.6) is 0 Å². The smallest absolute Gasteiger partial charge is 0.251 e. The normalized spacial score (nSPS) is 19.9. The average Bonchev–Trinajstić information content (AvgIpc) is 2.34. The highest BCUT2D eigenvalue weighted by Crippen LogP contribution is 2.18. The summed E-state index contributed by atoms with van der Waals surface area (Å²) in [6, 6.07) is 4.34. The van der Waals surface area contributed by atoms with E-state index in [1.807, 2.05) is 11.8 Å². The number of thioether (sulfide) groups is 1. The van der Waals surface area contributed by atoms with Crippen molar-refractivity contribution in [2.45, 2.75) is 18.9 Å². The van der Waals surface area contributed by atoms with Gasteiger partial charge in [-0.3, -0.25) is 4.79 Å². The molecule has 0 saturated carbocycles. The predicted molar refractivity (Wildman–Crippen MR) is 68.6 cm³/mol. The van der Waals surface area contributed by atoms with Crippen LogP contribution in [0.25, 0.3) is 0 Å². The maximum absolute atomic E-state index is 13.2. The Kier molecular flexibility index (Phi) is 3.89. The molecular formula is C12H15FN2OS. The lowest BCUT2D eigenvalue weighted by Gasteiger charge is -2.22. The molecule has 1 atom stereocenters. The van der Waals surface area contributed by atoms with Gasteiger partial charge in [0.1, 0.15) is 5.82 Å². The van der Waals surface area contributed by atoms with Crippen LogP contribution in [-0.4, -0.2) is 23.5 Å². The van der Waals surface area contributed by atoms with Crippen LogP contribution in [0.1, 0.15) is 23.2 Å². The zero-order valence-corrected chi connectivity index (χ0v) is 10.2. The molecule has 92 valence electrons. The zero-order valence-electron chi connectivity index (χ0n) is 9.41. The van der Waals surface area contributed by atoms with E-state index in [1.165, 1.54) is 12.1 Å². The third-order valence-electron chi connectivity index (χ3n) is 2.76. The molecule has 0 spiro atoms. The molecule has 5 heteroatoms. The van der Waals surface area contributed by atoms with E-state index in [-0.39, 0.29) is 17.6 Å². The molecule has 3 N–H and O–H groups in total. The molecule has 0 aromatic heterocycles. The number of nitrogens with two attached hydrogens (primary N) is 1. The highest BCUT2D eigenvalue weighted by Gasteiger charge is 2.17. The molecule has 1 aromatic rings.